The van der Waals surface area contributed by atoms with Crippen LogP contribution in [0.4, 0.5) is 0 Å². The fourth-order valence-corrected chi connectivity index (χ4v) is 3.71. The summed E-state index contributed by atoms with van der Waals surface area (Å²) in [7, 11) is 0. The molecule has 31 heavy (non-hydrogen) atoms. The van der Waals surface area contributed by atoms with Gasteiger partial charge in [-0.1, -0.05) is 18.2 Å². The van der Waals surface area contributed by atoms with Crippen LogP contribution < -0.4 is 15.6 Å². The van der Waals surface area contributed by atoms with Gasteiger partial charge in [-0.25, -0.2) is 0 Å². The minimum atomic E-state index is -1.25. The molecular weight excluding hydrogens is 400 g/mol. The Morgan fingerprint density at radius 2 is 1.87 bits per heavy atom. The van der Waals surface area contributed by atoms with Gasteiger partial charge in [-0.2, -0.15) is 0 Å². The molecule has 0 radical (unpaired) electrons. The molecule has 1 amide bonds. The van der Waals surface area contributed by atoms with E-state index < -0.39 is 35.3 Å². The number of nitrogens with zero attached hydrogens (tertiary/aromatic N) is 1. The van der Waals surface area contributed by atoms with E-state index >= 15 is 0 Å². The van der Waals surface area contributed by atoms with E-state index in [4.69, 9.17) is 9.84 Å². The van der Waals surface area contributed by atoms with Gasteiger partial charge >= 0.3 is 5.97 Å². The molecule has 0 bridgehead atoms. The summed E-state index contributed by atoms with van der Waals surface area (Å²) in [6, 6.07) is 13.9. The average Bonchev–Trinajstić information content (AvgIpc) is 3.58. The van der Waals surface area contributed by atoms with Gasteiger partial charge in [0.15, 0.2) is 0 Å². The van der Waals surface area contributed by atoms with Crippen molar-refractivity contribution in [2.75, 3.05) is 6.54 Å². The molecule has 8 nitrogen and oxygen atoms in total. The van der Waals surface area contributed by atoms with E-state index in [2.05, 4.69) is 5.32 Å². The first-order chi connectivity index (χ1) is 14.9. The van der Waals surface area contributed by atoms with Crippen LogP contribution in [0.5, 0.6) is 17.2 Å². The highest BCUT2D eigenvalue weighted by atomic mass is 16.5. The van der Waals surface area contributed by atoms with E-state index in [0.717, 1.165) is 12.8 Å². The van der Waals surface area contributed by atoms with Crippen LogP contribution in [0.25, 0.3) is 10.9 Å². The summed E-state index contributed by atoms with van der Waals surface area (Å²) in [5.41, 5.74) is -0.674. The lowest BCUT2D eigenvalue weighted by molar-refractivity contribution is -0.135. The molecule has 1 unspecified atom stereocenters. The van der Waals surface area contributed by atoms with E-state index in [1.54, 1.807) is 30.3 Å². The monoisotopic (exact) mass is 422 g/mol. The van der Waals surface area contributed by atoms with Crippen molar-refractivity contribution in [1.82, 2.24) is 9.88 Å². The van der Waals surface area contributed by atoms with Gasteiger partial charge < -0.3 is 24.8 Å². The minimum Gasteiger partial charge on any atom is -0.506 e. The lowest BCUT2D eigenvalue weighted by Crippen LogP contribution is -2.36. The van der Waals surface area contributed by atoms with Gasteiger partial charge in [0.1, 0.15) is 29.4 Å². The number of amides is 1. The first-order valence-corrected chi connectivity index (χ1v) is 10.0. The lowest BCUT2D eigenvalue weighted by atomic mass is 10.1. The summed E-state index contributed by atoms with van der Waals surface area (Å²) in [4.78, 5) is 36.6. The third-order valence-corrected chi connectivity index (χ3v) is 5.47. The second kappa shape index (κ2) is 8.14. The molecule has 0 saturated heterocycles. The van der Waals surface area contributed by atoms with E-state index in [9.17, 15) is 19.5 Å². The van der Waals surface area contributed by atoms with Crippen molar-refractivity contribution in [3.8, 4) is 17.2 Å². The van der Waals surface area contributed by atoms with Gasteiger partial charge in [-0.05, 0) is 49.9 Å². The average molecular weight is 422 g/mol. The van der Waals surface area contributed by atoms with Gasteiger partial charge in [-0.15, -0.1) is 0 Å². The number of carboxylic acid groups (broad SMARTS) is 1. The summed E-state index contributed by atoms with van der Waals surface area (Å²) >= 11 is 0. The number of nitrogens with one attached hydrogen (secondary N) is 1. The Labute approximate surface area is 177 Å². The topological polar surface area (TPSA) is 118 Å². The highest BCUT2D eigenvalue weighted by Gasteiger charge is 2.33. The number of carboxylic acids is 1. The summed E-state index contributed by atoms with van der Waals surface area (Å²) in [6.45, 7) is 1.25. The number of para-hydroxylation sites is 1. The van der Waals surface area contributed by atoms with Crippen LogP contribution in [-0.4, -0.2) is 33.2 Å². The number of fused-ring (bicyclic) bond motifs is 1. The molecule has 1 aliphatic carbocycles. The highest BCUT2D eigenvalue weighted by Crippen LogP contribution is 2.41. The van der Waals surface area contributed by atoms with Crippen LogP contribution in [0.3, 0.4) is 0 Å². The quantitative estimate of drug-likeness (QED) is 0.538. The second-order valence-corrected chi connectivity index (χ2v) is 7.65. The summed E-state index contributed by atoms with van der Waals surface area (Å²) in [5, 5.41) is 22.0. The highest BCUT2D eigenvalue weighted by molar-refractivity contribution is 6.03. The Hall–Kier alpha value is -3.81. The molecule has 1 aliphatic rings. The zero-order chi connectivity index (χ0) is 22.1. The summed E-state index contributed by atoms with van der Waals surface area (Å²) in [5.74, 6) is -1.25. The van der Waals surface area contributed by atoms with Crippen LogP contribution in [0.15, 0.2) is 53.3 Å². The van der Waals surface area contributed by atoms with Crippen molar-refractivity contribution in [3.05, 3.63) is 64.4 Å². The van der Waals surface area contributed by atoms with Crippen molar-refractivity contribution < 1.29 is 24.5 Å². The predicted octanol–water partition coefficient (Wildman–Crippen LogP) is 3.28. The molecule has 2 aromatic carbocycles. The number of hydrogen-bond acceptors (Lipinski definition) is 5. The number of carbonyl (C=O) groups excluding carboxylic acids is 1. The summed E-state index contributed by atoms with van der Waals surface area (Å²) in [6.07, 6.45) is 1.94. The zero-order valence-electron chi connectivity index (χ0n) is 16.9. The molecule has 3 aromatic rings. The Balaban J connectivity index is 1.86. The standard InChI is InChI=1S/C23H22N2O6/c1-13(14-7-8-14)25-18-11-16(31-15-5-3-2-4-6-15)9-10-17(18)21(28)20(23(25)30)22(29)24-12-19(26)27/h2-6,9-11,13-14,28H,7-8,12H2,1H3,(H,24,29)(H,26,27). The molecule has 4 rings (SSSR count). The van der Waals surface area contributed by atoms with Crippen LogP contribution in [-0.2, 0) is 4.79 Å². The number of hydrogen-bond donors (Lipinski definition) is 3. The first-order valence-electron chi connectivity index (χ1n) is 10.0. The van der Waals surface area contributed by atoms with Crippen molar-refractivity contribution in [2.45, 2.75) is 25.8 Å². The van der Waals surface area contributed by atoms with Crippen molar-refractivity contribution in [3.63, 3.8) is 0 Å². The molecule has 1 aromatic heterocycles. The lowest BCUT2D eigenvalue weighted by Gasteiger charge is -2.20. The SMILES string of the molecule is CC(C1CC1)n1c(=O)c(C(=O)NCC(=O)O)c(O)c2ccc(Oc3ccccc3)cc21. The Morgan fingerprint density at radius 1 is 1.16 bits per heavy atom. The van der Waals surface area contributed by atoms with Crippen LogP contribution in [0, 0.1) is 5.92 Å². The molecule has 3 N–H and O–H groups in total. The van der Waals surface area contributed by atoms with E-state index in [-0.39, 0.29) is 6.04 Å². The second-order valence-electron chi connectivity index (χ2n) is 7.65. The number of pyridine rings is 1. The number of aromatic hydroxyl groups is 1. The van der Waals surface area contributed by atoms with Crippen molar-refractivity contribution in [1.29, 1.82) is 0 Å². The fourth-order valence-electron chi connectivity index (χ4n) is 3.71. The van der Waals surface area contributed by atoms with E-state index in [1.807, 2.05) is 25.1 Å². The maximum Gasteiger partial charge on any atom is 0.322 e. The van der Waals surface area contributed by atoms with E-state index in [0.29, 0.717) is 28.3 Å². The number of ether oxygens (including phenoxy) is 1. The van der Waals surface area contributed by atoms with E-state index in [1.165, 1.54) is 4.57 Å². The molecule has 1 saturated carbocycles. The van der Waals surface area contributed by atoms with Crippen molar-refractivity contribution >= 4 is 22.8 Å². The Kier molecular flexibility index (Phi) is 5.37. The molecule has 1 heterocycles. The van der Waals surface area contributed by atoms with Gasteiger partial charge in [0.25, 0.3) is 11.5 Å². The molecule has 8 heteroatoms. The zero-order valence-corrected chi connectivity index (χ0v) is 16.9. The normalized spacial score (nSPS) is 14.2. The third kappa shape index (κ3) is 4.09. The maximum absolute atomic E-state index is 13.3. The number of carbonyl (C=O) groups is 2. The number of benzene rings is 2. The number of aromatic nitrogens is 1. The Bertz CT molecular complexity index is 1210. The Morgan fingerprint density at radius 3 is 2.52 bits per heavy atom. The fraction of sp³-hybridized carbons (Fsp3) is 0.261. The largest absolute Gasteiger partial charge is 0.506 e. The molecule has 160 valence electrons. The van der Waals surface area contributed by atoms with Crippen LogP contribution in [0.1, 0.15) is 36.2 Å². The smallest absolute Gasteiger partial charge is 0.322 e. The van der Waals surface area contributed by atoms with Gasteiger partial charge in [0, 0.05) is 17.5 Å². The molecule has 1 fully saturated rings. The van der Waals surface area contributed by atoms with Gasteiger partial charge in [0.05, 0.1) is 5.52 Å². The molecule has 1 atom stereocenters. The van der Waals surface area contributed by atoms with Gasteiger partial charge in [-0.3, -0.25) is 14.4 Å². The number of aliphatic carboxylic acids is 1. The van der Waals surface area contributed by atoms with Gasteiger partial charge in [0.2, 0.25) is 0 Å². The number of rotatable bonds is 7. The molecule has 0 aliphatic heterocycles. The minimum absolute atomic E-state index is 0.200. The summed E-state index contributed by atoms with van der Waals surface area (Å²) < 4.78 is 7.38. The predicted molar refractivity (Wildman–Crippen MR) is 114 cm³/mol. The maximum atomic E-state index is 13.3. The third-order valence-electron chi connectivity index (χ3n) is 5.47. The van der Waals surface area contributed by atoms with Crippen LogP contribution >= 0.6 is 0 Å². The molecular formula is C23H22N2O6. The van der Waals surface area contributed by atoms with Crippen LogP contribution in [0.2, 0.25) is 0 Å². The molecule has 0 spiro atoms. The van der Waals surface area contributed by atoms with Crippen molar-refractivity contribution in [2.24, 2.45) is 5.92 Å². The first kappa shape index (κ1) is 20.5.